The third-order valence-corrected chi connectivity index (χ3v) is 7.35. The Labute approximate surface area is 227 Å². The third-order valence-electron chi connectivity index (χ3n) is 7.00. The maximum Gasteiger partial charge on any atom is 0.412 e. The Hall–Kier alpha value is -4.70. The molecule has 1 atom stereocenters. The van der Waals surface area contributed by atoms with Crippen molar-refractivity contribution in [3.05, 3.63) is 83.4 Å². The van der Waals surface area contributed by atoms with Gasteiger partial charge in [0.05, 0.1) is 34.7 Å². The number of rotatable bonds is 7. The van der Waals surface area contributed by atoms with Crippen molar-refractivity contribution in [2.45, 2.75) is 31.3 Å². The van der Waals surface area contributed by atoms with Crippen molar-refractivity contribution in [2.24, 2.45) is 0 Å². The molecule has 0 aliphatic heterocycles. The number of carbonyl (C=O) groups is 2. The number of imidazole rings is 1. The van der Waals surface area contributed by atoms with Crippen LogP contribution in [-0.4, -0.2) is 37.3 Å². The molecule has 196 valence electrons. The number of fused-ring (bicyclic) bond motifs is 1. The van der Waals surface area contributed by atoms with Crippen molar-refractivity contribution in [2.75, 3.05) is 5.32 Å². The summed E-state index contributed by atoms with van der Waals surface area (Å²) < 4.78 is 11.0. The van der Waals surface area contributed by atoms with Crippen molar-refractivity contribution in [3.63, 3.8) is 0 Å². The Morgan fingerprint density at radius 2 is 1.90 bits per heavy atom. The number of aromatic amines is 1. The van der Waals surface area contributed by atoms with Crippen LogP contribution in [0.3, 0.4) is 0 Å². The predicted molar refractivity (Wildman–Crippen MR) is 143 cm³/mol. The number of nitrogens with one attached hydrogen (secondary N) is 2. The molecule has 3 heterocycles. The molecule has 0 saturated heterocycles. The van der Waals surface area contributed by atoms with E-state index in [1.54, 1.807) is 37.6 Å². The SMILES string of the molecule is CC(OC(=O)Nc1cnoc1-c1cnc(-c2ccc(C3(C(=O)O)CC3)cc2)c2[nH]cnc12)c1ccccc1Cl. The molecule has 6 rings (SSSR count). The molecule has 1 amide bonds. The summed E-state index contributed by atoms with van der Waals surface area (Å²) >= 11 is 6.22. The van der Waals surface area contributed by atoms with E-state index in [0.29, 0.717) is 45.7 Å². The van der Waals surface area contributed by atoms with Crippen LogP contribution in [0.1, 0.15) is 37.0 Å². The average Bonchev–Trinajstić information content (AvgIpc) is 3.38. The number of benzene rings is 2. The van der Waals surface area contributed by atoms with Gasteiger partial charge in [-0.15, -0.1) is 0 Å². The molecular weight excluding hydrogens is 522 g/mol. The van der Waals surface area contributed by atoms with Gasteiger partial charge in [0.25, 0.3) is 0 Å². The number of aliphatic carboxylic acids is 1. The molecule has 10 nitrogen and oxygen atoms in total. The van der Waals surface area contributed by atoms with Crippen LogP contribution in [0.25, 0.3) is 33.6 Å². The van der Waals surface area contributed by atoms with E-state index in [1.807, 2.05) is 30.3 Å². The number of pyridine rings is 1. The molecule has 1 aliphatic rings. The van der Waals surface area contributed by atoms with E-state index in [4.69, 9.17) is 20.9 Å². The standard InChI is InChI=1S/C28H22ClN5O5/c1-15(18-4-2-3-5-20(18)29)38-27(37)34-21-13-33-39-25(21)19-12-30-22(24-23(19)31-14-32-24)16-6-8-17(9-7-16)28(10-11-28)26(35)36/h2-9,12-15H,10-11H2,1H3,(H,31,32)(H,34,37)(H,35,36). The van der Waals surface area contributed by atoms with Gasteiger partial charge in [-0.3, -0.25) is 15.1 Å². The number of nitrogens with zero attached hydrogens (tertiary/aromatic N) is 3. The lowest BCUT2D eigenvalue weighted by Gasteiger charge is -2.15. The van der Waals surface area contributed by atoms with Gasteiger partial charge in [0.2, 0.25) is 0 Å². The molecule has 2 aromatic carbocycles. The van der Waals surface area contributed by atoms with Crippen molar-refractivity contribution >= 4 is 40.4 Å². The molecular formula is C28H22ClN5O5. The fraction of sp³-hybridized carbons (Fsp3) is 0.179. The van der Waals surface area contributed by atoms with Crippen LogP contribution in [-0.2, 0) is 14.9 Å². The number of carbonyl (C=O) groups excluding carboxylic acids is 1. The van der Waals surface area contributed by atoms with E-state index >= 15 is 0 Å². The molecule has 1 fully saturated rings. The Morgan fingerprint density at radius 3 is 2.62 bits per heavy atom. The summed E-state index contributed by atoms with van der Waals surface area (Å²) in [5, 5.41) is 16.6. The number of hydrogen-bond donors (Lipinski definition) is 3. The van der Waals surface area contributed by atoms with Crippen molar-refractivity contribution in [3.8, 4) is 22.6 Å². The molecule has 0 spiro atoms. The number of aromatic nitrogens is 4. The van der Waals surface area contributed by atoms with Crippen LogP contribution in [0.5, 0.6) is 0 Å². The molecule has 1 unspecified atom stereocenters. The minimum Gasteiger partial charge on any atom is -0.481 e. The first kappa shape index (κ1) is 24.6. The van der Waals surface area contributed by atoms with E-state index in [9.17, 15) is 14.7 Å². The quantitative estimate of drug-likeness (QED) is 0.215. The number of hydrogen-bond acceptors (Lipinski definition) is 7. The summed E-state index contributed by atoms with van der Waals surface area (Å²) in [7, 11) is 0. The molecule has 1 aliphatic carbocycles. The fourth-order valence-corrected chi connectivity index (χ4v) is 5.00. The Morgan fingerprint density at radius 1 is 1.13 bits per heavy atom. The zero-order chi connectivity index (χ0) is 27.1. The molecule has 3 aromatic heterocycles. The Balaban J connectivity index is 1.26. The van der Waals surface area contributed by atoms with Gasteiger partial charge in [-0.05, 0) is 31.4 Å². The van der Waals surface area contributed by atoms with Gasteiger partial charge in [0.1, 0.15) is 17.3 Å². The fourth-order valence-electron chi connectivity index (χ4n) is 4.71. The lowest BCUT2D eigenvalue weighted by atomic mass is 9.94. The highest BCUT2D eigenvalue weighted by atomic mass is 35.5. The maximum atomic E-state index is 12.7. The summed E-state index contributed by atoms with van der Waals surface area (Å²) in [6.07, 6.45) is 4.49. The highest BCUT2D eigenvalue weighted by molar-refractivity contribution is 6.31. The predicted octanol–water partition coefficient (Wildman–Crippen LogP) is 6.36. The maximum absolute atomic E-state index is 12.7. The van der Waals surface area contributed by atoms with Gasteiger partial charge in [0, 0.05) is 22.3 Å². The summed E-state index contributed by atoms with van der Waals surface area (Å²) in [5.41, 5.74) is 4.14. The first-order valence-electron chi connectivity index (χ1n) is 12.2. The lowest BCUT2D eigenvalue weighted by molar-refractivity contribution is -0.140. The summed E-state index contributed by atoms with van der Waals surface area (Å²) in [6, 6.07) is 14.5. The van der Waals surface area contributed by atoms with Crippen molar-refractivity contribution in [1.82, 2.24) is 20.1 Å². The first-order chi connectivity index (χ1) is 18.9. The normalized spacial score (nSPS) is 14.6. The van der Waals surface area contributed by atoms with Crippen LogP contribution in [0.15, 0.2) is 71.8 Å². The molecule has 5 aromatic rings. The van der Waals surface area contributed by atoms with Crippen LogP contribution in [0.2, 0.25) is 5.02 Å². The second-order valence-electron chi connectivity index (χ2n) is 9.37. The minimum atomic E-state index is -0.799. The lowest BCUT2D eigenvalue weighted by Crippen LogP contribution is -2.19. The first-order valence-corrected chi connectivity index (χ1v) is 12.6. The zero-order valence-corrected chi connectivity index (χ0v) is 21.4. The number of H-pyrrole nitrogens is 1. The number of carboxylic acids is 1. The number of amides is 1. The zero-order valence-electron chi connectivity index (χ0n) is 20.6. The van der Waals surface area contributed by atoms with Gasteiger partial charge < -0.3 is 19.4 Å². The second kappa shape index (κ2) is 9.55. The van der Waals surface area contributed by atoms with Gasteiger partial charge in [-0.25, -0.2) is 9.78 Å². The van der Waals surface area contributed by atoms with E-state index in [0.717, 1.165) is 11.1 Å². The molecule has 1 saturated carbocycles. The van der Waals surface area contributed by atoms with Gasteiger partial charge in [-0.1, -0.05) is 59.2 Å². The smallest absolute Gasteiger partial charge is 0.412 e. The third kappa shape index (κ3) is 4.38. The summed E-state index contributed by atoms with van der Waals surface area (Å²) in [4.78, 5) is 36.5. The topological polar surface area (TPSA) is 143 Å². The Kier molecular flexibility index (Phi) is 6.03. The van der Waals surface area contributed by atoms with Gasteiger partial charge in [0.15, 0.2) is 5.76 Å². The van der Waals surface area contributed by atoms with Crippen molar-refractivity contribution < 1.29 is 24.0 Å². The number of carboxylic acid groups (broad SMARTS) is 1. The second-order valence-corrected chi connectivity index (χ2v) is 9.78. The van der Waals surface area contributed by atoms with Gasteiger partial charge >= 0.3 is 12.1 Å². The van der Waals surface area contributed by atoms with Gasteiger partial charge in [-0.2, -0.15) is 0 Å². The highest BCUT2D eigenvalue weighted by Gasteiger charge is 2.51. The van der Waals surface area contributed by atoms with Crippen LogP contribution in [0, 0.1) is 0 Å². The van der Waals surface area contributed by atoms with Crippen LogP contribution in [0.4, 0.5) is 10.5 Å². The monoisotopic (exact) mass is 543 g/mol. The molecule has 3 N–H and O–H groups in total. The van der Waals surface area contributed by atoms with E-state index < -0.39 is 23.6 Å². The number of anilines is 1. The summed E-state index contributed by atoms with van der Waals surface area (Å²) in [6.45, 7) is 1.73. The number of halogens is 1. The Bertz CT molecular complexity index is 1710. The largest absolute Gasteiger partial charge is 0.481 e. The highest BCUT2D eigenvalue weighted by Crippen LogP contribution is 2.48. The van der Waals surface area contributed by atoms with Crippen LogP contribution < -0.4 is 5.32 Å². The van der Waals surface area contributed by atoms with E-state index in [1.165, 1.54) is 6.20 Å². The molecule has 11 heteroatoms. The van der Waals surface area contributed by atoms with E-state index in [2.05, 4.69) is 25.4 Å². The number of ether oxygens (including phenoxy) is 1. The van der Waals surface area contributed by atoms with Crippen LogP contribution >= 0.6 is 11.6 Å². The minimum absolute atomic E-state index is 0.265. The van der Waals surface area contributed by atoms with Crippen molar-refractivity contribution in [1.29, 1.82) is 0 Å². The molecule has 0 radical (unpaired) electrons. The molecule has 39 heavy (non-hydrogen) atoms. The summed E-state index contributed by atoms with van der Waals surface area (Å²) in [5.74, 6) is -0.534. The average molecular weight is 544 g/mol. The molecule has 0 bridgehead atoms. The van der Waals surface area contributed by atoms with E-state index in [-0.39, 0.29) is 11.4 Å².